The molecule has 0 bridgehead atoms. The molecule has 0 aliphatic carbocycles. The molecule has 0 aliphatic rings. The van der Waals surface area contributed by atoms with Crippen molar-refractivity contribution in [2.45, 2.75) is 40.2 Å². The van der Waals surface area contributed by atoms with Crippen molar-refractivity contribution in [3.05, 3.63) is 11.9 Å². The maximum atomic E-state index is 5.62. The number of nitrogens with zero attached hydrogens (tertiary/aromatic N) is 2. The van der Waals surface area contributed by atoms with Gasteiger partial charge in [0.05, 0.1) is 6.61 Å². The molecule has 0 saturated heterocycles. The summed E-state index contributed by atoms with van der Waals surface area (Å²) in [6.45, 7) is 9.76. The van der Waals surface area contributed by atoms with Gasteiger partial charge in [-0.2, -0.15) is 4.98 Å². The fourth-order valence-corrected chi connectivity index (χ4v) is 1.63. The van der Waals surface area contributed by atoms with Gasteiger partial charge in [-0.1, -0.05) is 13.3 Å². The SMILES string of the molecule is CCCCOCCOc1cc(NCC)nc(COCC)n1. The van der Waals surface area contributed by atoms with Crippen molar-refractivity contribution >= 4 is 5.82 Å². The molecule has 6 heteroatoms. The summed E-state index contributed by atoms with van der Waals surface area (Å²) in [6, 6.07) is 1.80. The summed E-state index contributed by atoms with van der Waals surface area (Å²) in [6.07, 6.45) is 2.22. The van der Waals surface area contributed by atoms with E-state index in [4.69, 9.17) is 14.2 Å². The second-order valence-corrected chi connectivity index (χ2v) is 4.49. The van der Waals surface area contributed by atoms with E-state index < -0.39 is 0 Å². The number of ether oxygens (including phenoxy) is 3. The van der Waals surface area contributed by atoms with Crippen LogP contribution in [0.1, 0.15) is 39.4 Å². The maximum Gasteiger partial charge on any atom is 0.218 e. The minimum atomic E-state index is 0.388. The summed E-state index contributed by atoms with van der Waals surface area (Å²) in [5.41, 5.74) is 0. The van der Waals surface area contributed by atoms with E-state index in [1.807, 2.05) is 13.8 Å². The summed E-state index contributed by atoms with van der Waals surface area (Å²) in [4.78, 5) is 8.70. The molecule has 1 heterocycles. The number of aromatic nitrogens is 2. The quantitative estimate of drug-likeness (QED) is 0.598. The van der Waals surface area contributed by atoms with Crippen LogP contribution in [0.15, 0.2) is 6.07 Å². The second-order valence-electron chi connectivity index (χ2n) is 4.49. The van der Waals surface area contributed by atoms with Gasteiger partial charge >= 0.3 is 0 Å². The molecule has 0 radical (unpaired) electrons. The Bertz CT molecular complexity index is 388. The number of hydrogen-bond acceptors (Lipinski definition) is 6. The lowest BCUT2D eigenvalue weighted by molar-refractivity contribution is 0.0955. The van der Waals surface area contributed by atoms with Crippen LogP contribution in [0.3, 0.4) is 0 Å². The fourth-order valence-electron chi connectivity index (χ4n) is 1.63. The highest BCUT2D eigenvalue weighted by Crippen LogP contribution is 2.14. The predicted octanol–water partition coefficient (Wildman–Crippen LogP) is 2.64. The Hall–Kier alpha value is -1.40. The van der Waals surface area contributed by atoms with E-state index in [0.29, 0.717) is 38.1 Å². The Balaban J connectivity index is 2.48. The van der Waals surface area contributed by atoms with Gasteiger partial charge < -0.3 is 19.5 Å². The van der Waals surface area contributed by atoms with Crippen LogP contribution >= 0.6 is 0 Å². The minimum Gasteiger partial charge on any atom is -0.475 e. The van der Waals surface area contributed by atoms with E-state index in [-0.39, 0.29) is 0 Å². The number of unbranched alkanes of at least 4 members (excludes halogenated alkanes) is 1. The van der Waals surface area contributed by atoms with Gasteiger partial charge in [0.25, 0.3) is 0 Å². The third-order valence-electron chi connectivity index (χ3n) is 2.66. The van der Waals surface area contributed by atoms with Crippen LogP contribution in [0, 0.1) is 0 Å². The van der Waals surface area contributed by atoms with Gasteiger partial charge in [0.2, 0.25) is 5.88 Å². The Morgan fingerprint density at radius 1 is 1.05 bits per heavy atom. The molecule has 1 rings (SSSR count). The zero-order chi connectivity index (χ0) is 15.3. The van der Waals surface area contributed by atoms with Gasteiger partial charge in [-0.25, -0.2) is 4.98 Å². The topological polar surface area (TPSA) is 65.5 Å². The second kappa shape index (κ2) is 11.3. The average molecular weight is 297 g/mol. The molecule has 1 aromatic heterocycles. The molecule has 0 aliphatic heterocycles. The van der Waals surface area contributed by atoms with E-state index in [2.05, 4.69) is 22.2 Å². The normalized spacial score (nSPS) is 10.6. The number of hydrogen-bond donors (Lipinski definition) is 1. The summed E-state index contributed by atoms with van der Waals surface area (Å²) in [7, 11) is 0. The highest BCUT2D eigenvalue weighted by Gasteiger charge is 2.05. The van der Waals surface area contributed by atoms with Crippen molar-refractivity contribution in [2.75, 3.05) is 38.3 Å². The third-order valence-corrected chi connectivity index (χ3v) is 2.66. The number of anilines is 1. The molecule has 21 heavy (non-hydrogen) atoms. The first kappa shape index (κ1) is 17.7. The highest BCUT2D eigenvalue weighted by atomic mass is 16.5. The molecule has 0 atom stereocenters. The van der Waals surface area contributed by atoms with Crippen LogP contribution in [0.2, 0.25) is 0 Å². The molecular weight excluding hydrogens is 270 g/mol. The Labute approximate surface area is 127 Å². The molecule has 0 saturated carbocycles. The van der Waals surface area contributed by atoms with Gasteiger partial charge in [0.1, 0.15) is 19.0 Å². The lowest BCUT2D eigenvalue weighted by Crippen LogP contribution is -2.11. The summed E-state index contributed by atoms with van der Waals surface area (Å²) < 4.78 is 16.4. The van der Waals surface area contributed by atoms with Gasteiger partial charge in [-0.05, 0) is 20.3 Å². The molecule has 6 nitrogen and oxygen atoms in total. The first-order chi connectivity index (χ1) is 10.3. The fraction of sp³-hybridized carbons (Fsp3) is 0.733. The van der Waals surface area contributed by atoms with E-state index in [9.17, 15) is 0 Å². The first-order valence-electron chi connectivity index (χ1n) is 7.70. The largest absolute Gasteiger partial charge is 0.475 e. The van der Waals surface area contributed by atoms with Crippen LogP contribution < -0.4 is 10.1 Å². The molecule has 0 fully saturated rings. The van der Waals surface area contributed by atoms with E-state index in [1.165, 1.54) is 0 Å². The number of nitrogens with one attached hydrogen (secondary N) is 1. The van der Waals surface area contributed by atoms with Crippen LogP contribution in [0.5, 0.6) is 5.88 Å². The maximum absolute atomic E-state index is 5.62. The van der Waals surface area contributed by atoms with E-state index in [1.54, 1.807) is 6.07 Å². The highest BCUT2D eigenvalue weighted by molar-refractivity contribution is 5.38. The molecule has 0 aromatic carbocycles. The lowest BCUT2D eigenvalue weighted by atomic mass is 10.4. The zero-order valence-corrected chi connectivity index (χ0v) is 13.4. The lowest BCUT2D eigenvalue weighted by Gasteiger charge is -2.10. The van der Waals surface area contributed by atoms with Gasteiger partial charge in [-0.15, -0.1) is 0 Å². The van der Waals surface area contributed by atoms with Crippen molar-refractivity contribution in [1.82, 2.24) is 9.97 Å². The first-order valence-corrected chi connectivity index (χ1v) is 7.70. The van der Waals surface area contributed by atoms with Gasteiger partial charge in [-0.3, -0.25) is 0 Å². The van der Waals surface area contributed by atoms with Crippen LogP contribution in [0.25, 0.3) is 0 Å². The molecule has 0 unspecified atom stereocenters. The van der Waals surface area contributed by atoms with E-state index >= 15 is 0 Å². The minimum absolute atomic E-state index is 0.388. The zero-order valence-electron chi connectivity index (χ0n) is 13.4. The van der Waals surface area contributed by atoms with E-state index in [0.717, 1.165) is 31.8 Å². The van der Waals surface area contributed by atoms with Gasteiger partial charge in [0.15, 0.2) is 5.82 Å². The molecule has 1 N–H and O–H groups in total. The molecule has 0 amide bonds. The standard InChI is InChI=1S/C15H27N3O3/c1-4-7-8-20-9-10-21-15-11-13(16-5-2)17-14(18-15)12-19-6-3/h11H,4-10,12H2,1-3H3,(H,16,17,18). The summed E-state index contributed by atoms with van der Waals surface area (Å²) in [5, 5.41) is 3.17. The Morgan fingerprint density at radius 2 is 1.90 bits per heavy atom. The Kier molecular flexibility index (Phi) is 9.48. The Morgan fingerprint density at radius 3 is 2.62 bits per heavy atom. The molecule has 1 aromatic rings. The van der Waals surface area contributed by atoms with Crippen molar-refractivity contribution in [3.63, 3.8) is 0 Å². The van der Waals surface area contributed by atoms with Crippen molar-refractivity contribution in [2.24, 2.45) is 0 Å². The molecule has 0 spiro atoms. The van der Waals surface area contributed by atoms with Crippen molar-refractivity contribution < 1.29 is 14.2 Å². The van der Waals surface area contributed by atoms with Crippen molar-refractivity contribution in [3.8, 4) is 5.88 Å². The molecule has 120 valence electrons. The summed E-state index contributed by atoms with van der Waals surface area (Å²) in [5.74, 6) is 1.93. The van der Waals surface area contributed by atoms with Crippen LogP contribution in [0.4, 0.5) is 5.82 Å². The van der Waals surface area contributed by atoms with Crippen molar-refractivity contribution in [1.29, 1.82) is 0 Å². The van der Waals surface area contributed by atoms with Gasteiger partial charge in [0, 0.05) is 25.8 Å². The third kappa shape index (κ3) is 7.82. The summed E-state index contributed by atoms with van der Waals surface area (Å²) >= 11 is 0. The number of rotatable bonds is 12. The van der Waals surface area contributed by atoms with Crippen LogP contribution in [-0.4, -0.2) is 42.9 Å². The smallest absolute Gasteiger partial charge is 0.218 e. The average Bonchev–Trinajstić information content (AvgIpc) is 2.49. The van der Waals surface area contributed by atoms with Crippen LogP contribution in [-0.2, 0) is 16.1 Å². The molecular formula is C15H27N3O3. The predicted molar refractivity (Wildman–Crippen MR) is 82.7 cm³/mol. The monoisotopic (exact) mass is 297 g/mol.